The van der Waals surface area contributed by atoms with Gasteiger partial charge in [0.2, 0.25) is 24.5 Å². The monoisotopic (exact) mass is 565 g/mol. The number of amides is 3. The van der Waals surface area contributed by atoms with Crippen LogP contribution in [0.25, 0.3) is 0 Å². The van der Waals surface area contributed by atoms with Crippen molar-refractivity contribution in [1.29, 1.82) is 0 Å². The van der Waals surface area contributed by atoms with E-state index in [1.807, 2.05) is 27.7 Å². The Morgan fingerprint density at radius 3 is 2.27 bits per heavy atom. The summed E-state index contributed by atoms with van der Waals surface area (Å²) in [5, 5.41) is 8.60. The third kappa shape index (κ3) is 7.56. The maximum atomic E-state index is 13.5. The maximum absolute atomic E-state index is 13.5. The molecule has 3 amide bonds. The summed E-state index contributed by atoms with van der Waals surface area (Å²) >= 11 is 0. The summed E-state index contributed by atoms with van der Waals surface area (Å²) in [5.41, 5.74) is 1.91. The average Bonchev–Trinajstić information content (AvgIpc) is 3.50. The molecular weight excluding hydrogens is 526 g/mol. The van der Waals surface area contributed by atoms with Crippen LogP contribution in [0.15, 0.2) is 36.4 Å². The van der Waals surface area contributed by atoms with Crippen LogP contribution in [0.2, 0.25) is 0 Å². The summed E-state index contributed by atoms with van der Waals surface area (Å²) in [6.07, 6.45) is 1.10. The van der Waals surface area contributed by atoms with Gasteiger partial charge in [0, 0.05) is 36.1 Å². The highest BCUT2D eigenvalue weighted by molar-refractivity contribution is 6.02. The number of hydrogen-bond acceptors (Lipinski definition) is 7. The van der Waals surface area contributed by atoms with Gasteiger partial charge in [0.25, 0.3) is 0 Å². The fourth-order valence-electron chi connectivity index (χ4n) is 5.24. The minimum absolute atomic E-state index is 0.0121. The van der Waals surface area contributed by atoms with Crippen molar-refractivity contribution in [2.24, 2.45) is 11.8 Å². The number of Topliss-reactive ketones (excluding diaryl/α,β-unsaturated/α-hetero) is 1. The predicted molar refractivity (Wildman–Crippen MR) is 153 cm³/mol. The lowest BCUT2D eigenvalue weighted by Gasteiger charge is -2.25. The quantitative estimate of drug-likeness (QED) is 0.352. The van der Waals surface area contributed by atoms with E-state index in [0.29, 0.717) is 41.3 Å². The minimum atomic E-state index is -0.836. The third-order valence-corrected chi connectivity index (χ3v) is 7.20. The van der Waals surface area contributed by atoms with Crippen molar-refractivity contribution in [2.45, 2.75) is 71.4 Å². The zero-order chi connectivity index (χ0) is 29.7. The minimum Gasteiger partial charge on any atom is -0.497 e. The standard InChI is InChI=1S/C31H39N3O7/c1-17(2)10-24(33-29(36)13-19-12-26(35)22-8-7-21(39-5)15-23(19)22)31(38)34-25(11-18(3)4)30(37)32-20-6-9-27-28(14-20)41-16-40-27/h6-9,14-15,17-19,24-25H,10-13,16H2,1-5H3,(H,32,37)(H,33,36)(H,34,38)/t19?,24-,25-/m0/s1. The van der Waals surface area contributed by atoms with Crippen LogP contribution >= 0.6 is 0 Å². The highest BCUT2D eigenvalue weighted by Gasteiger charge is 2.33. The predicted octanol–water partition coefficient (Wildman–Crippen LogP) is 4.18. The molecule has 10 nitrogen and oxygen atoms in total. The van der Waals surface area contributed by atoms with Gasteiger partial charge < -0.3 is 30.2 Å². The second kappa shape index (κ2) is 13.1. The molecule has 2 aromatic rings. The van der Waals surface area contributed by atoms with Gasteiger partial charge in [-0.3, -0.25) is 19.2 Å². The number of anilines is 1. The number of ether oxygens (including phenoxy) is 3. The van der Waals surface area contributed by atoms with Crippen LogP contribution < -0.4 is 30.2 Å². The van der Waals surface area contributed by atoms with E-state index in [0.717, 1.165) is 5.56 Å². The number of rotatable bonds is 12. The number of hydrogen-bond donors (Lipinski definition) is 3. The number of carbonyl (C=O) groups excluding carboxylic acids is 4. The van der Waals surface area contributed by atoms with E-state index in [4.69, 9.17) is 14.2 Å². The lowest BCUT2D eigenvalue weighted by molar-refractivity contribution is -0.131. The number of ketones is 1. The summed E-state index contributed by atoms with van der Waals surface area (Å²) in [6, 6.07) is 8.72. The lowest BCUT2D eigenvalue weighted by atomic mass is 9.96. The number of carbonyl (C=O) groups is 4. The molecule has 220 valence electrons. The molecule has 1 aliphatic heterocycles. The highest BCUT2D eigenvalue weighted by atomic mass is 16.7. The molecule has 4 rings (SSSR count). The molecule has 0 radical (unpaired) electrons. The number of nitrogens with one attached hydrogen (secondary N) is 3. The Labute approximate surface area is 240 Å². The Balaban J connectivity index is 1.43. The Morgan fingerprint density at radius 1 is 0.902 bits per heavy atom. The van der Waals surface area contributed by atoms with Crippen molar-refractivity contribution in [3.05, 3.63) is 47.5 Å². The number of benzene rings is 2. The summed E-state index contributed by atoms with van der Waals surface area (Å²) in [7, 11) is 1.55. The molecule has 0 aromatic heterocycles. The van der Waals surface area contributed by atoms with Crippen LogP contribution in [-0.2, 0) is 14.4 Å². The molecule has 0 fully saturated rings. The van der Waals surface area contributed by atoms with Crippen molar-refractivity contribution in [3.8, 4) is 17.2 Å². The Kier molecular flexibility index (Phi) is 9.52. The third-order valence-electron chi connectivity index (χ3n) is 7.20. The molecule has 1 unspecified atom stereocenters. The second-order valence-electron chi connectivity index (χ2n) is 11.5. The zero-order valence-corrected chi connectivity index (χ0v) is 24.2. The SMILES string of the molecule is COc1ccc2c(c1)C(CC(=O)N[C@@H](CC(C)C)C(=O)N[C@@H](CC(C)C)C(=O)Nc1ccc3c(c1)OCO3)CC2=O. The van der Waals surface area contributed by atoms with Crippen LogP contribution in [0.3, 0.4) is 0 Å². The van der Waals surface area contributed by atoms with E-state index in [-0.39, 0.29) is 55.0 Å². The maximum Gasteiger partial charge on any atom is 0.246 e. The van der Waals surface area contributed by atoms with Crippen LogP contribution in [0.5, 0.6) is 17.2 Å². The fraction of sp³-hybridized carbons (Fsp3) is 0.484. The van der Waals surface area contributed by atoms with Gasteiger partial charge in [-0.2, -0.15) is 0 Å². The van der Waals surface area contributed by atoms with Crippen LogP contribution in [0.4, 0.5) is 5.69 Å². The van der Waals surface area contributed by atoms with E-state index in [2.05, 4.69) is 16.0 Å². The van der Waals surface area contributed by atoms with Gasteiger partial charge in [-0.15, -0.1) is 0 Å². The van der Waals surface area contributed by atoms with E-state index in [1.165, 1.54) is 0 Å². The molecule has 2 aromatic carbocycles. The Bertz CT molecular complexity index is 1310. The van der Waals surface area contributed by atoms with Gasteiger partial charge in [-0.25, -0.2) is 0 Å². The Hall–Kier alpha value is -4.08. The molecule has 3 atom stereocenters. The molecule has 41 heavy (non-hydrogen) atoms. The second-order valence-corrected chi connectivity index (χ2v) is 11.5. The van der Waals surface area contributed by atoms with Crippen molar-refractivity contribution >= 4 is 29.2 Å². The van der Waals surface area contributed by atoms with E-state index in [1.54, 1.807) is 43.5 Å². The topological polar surface area (TPSA) is 132 Å². The first-order valence-electron chi connectivity index (χ1n) is 14.0. The normalized spacial score (nSPS) is 16.8. The van der Waals surface area contributed by atoms with E-state index < -0.39 is 18.0 Å². The highest BCUT2D eigenvalue weighted by Crippen LogP contribution is 2.37. The van der Waals surface area contributed by atoms with Crippen molar-refractivity contribution in [2.75, 3.05) is 19.2 Å². The number of methoxy groups -OCH3 is 1. The molecule has 0 saturated heterocycles. The lowest BCUT2D eigenvalue weighted by Crippen LogP contribution is -2.53. The smallest absolute Gasteiger partial charge is 0.246 e. The zero-order valence-electron chi connectivity index (χ0n) is 24.2. The van der Waals surface area contributed by atoms with Gasteiger partial charge in [0.05, 0.1) is 7.11 Å². The average molecular weight is 566 g/mol. The van der Waals surface area contributed by atoms with Gasteiger partial charge in [-0.05, 0) is 60.6 Å². The molecule has 3 N–H and O–H groups in total. The molecule has 0 saturated carbocycles. The van der Waals surface area contributed by atoms with Crippen molar-refractivity contribution < 1.29 is 33.4 Å². The summed E-state index contributed by atoms with van der Waals surface area (Å²) in [4.78, 5) is 52.4. The summed E-state index contributed by atoms with van der Waals surface area (Å²) in [6.45, 7) is 7.98. The molecule has 0 spiro atoms. The van der Waals surface area contributed by atoms with Gasteiger partial charge in [0.15, 0.2) is 17.3 Å². The Morgan fingerprint density at radius 2 is 1.59 bits per heavy atom. The molecule has 10 heteroatoms. The van der Waals surface area contributed by atoms with Gasteiger partial charge in [0.1, 0.15) is 17.8 Å². The molecule has 1 aliphatic carbocycles. The number of fused-ring (bicyclic) bond motifs is 2. The molecule has 0 bridgehead atoms. The van der Waals surface area contributed by atoms with E-state index in [9.17, 15) is 19.2 Å². The fourth-order valence-corrected chi connectivity index (χ4v) is 5.24. The largest absolute Gasteiger partial charge is 0.497 e. The summed E-state index contributed by atoms with van der Waals surface area (Å²) in [5.74, 6) is 0.564. The van der Waals surface area contributed by atoms with E-state index >= 15 is 0 Å². The first-order chi connectivity index (χ1) is 19.5. The molecular formula is C31H39N3O7. The van der Waals surface area contributed by atoms with Crippen LogP contribution in [-0.4, -0.2) is 49.5 Å². The van der Waals surface area contributed by atoms with Crippen molar-refractivity contribution in [3.63, 3.8) is 0 Å². The molecule has 1 heterocycles. The van der Waals surface area contributed by atoms with Crippen LogP contribution in [0, 0.1) is 11.8 Å². The van der Waals surface area contributed by atoms with Gasteiger partial charge >= 0.3 is 0 Å². The van der Waals surface area contributed by atoms with Crippen molar-refractivity contribution in [1.82, 2.24) is 10.6 Å². The summed E-state index contributed by atoms with van der Waals surface area (Å²) < 4.78 is 16.0. The first kappa shape index (κ1) is 29.9. The molecule has 2 aliphatic rings. The first-order valence-corrected chi connectivity index (χ1v) is 14.0. The van der Waals surface area contributed by atoms with Crippen LogP contribution in [0.1, 0.15) is 75.2 Å². The van der Waals surface area contributed by atoms with Gasteiger partial charge in [-0.1, -0.05) is 27.7 Å².